The molecule has 0 bridgehead atoms. The normalized spacial score (nSPS) is 17.1. The van der Waals surface area contributed by atoms with Crippen LogP contribution in [0.3, 0.4) is 0 Å². The van der Waals surface area contributed by atoms with Crippen LogP contribution < -0.4 is 10.6 Å². The number of morpholine rings is 1. The van der Waals surface area contributed by atoms with Gasteiger partial charge < -0.3 is 25.6 Å². The third-order valence-electron chi connectivity index (χ3n) is 4.35. The molecule has 146 valence electrons. The molecule has 0 aliphatic carbocycles. The highest BCUT2D eigenvalue weighted by Gasteiger charge is 2.32. The van der Waals surface area contributed by atoms with Crippen molar-refractivity contribution < 1.29 is 24.5 Å². The molecule has 1 fully saturated rings. The Morgan fingerprint density at radius 2 is 1.80 bits per heavy atom. The lowest BCUT2D eigenvalue weighted by Gasteiger charge is -2.27. The molecular weight excluding hydrogens is 326 g/mol. The fraction of sp³-hybridized carbons (Fsp3) is 0.882. The molecule has 0 spiro atoms. The molecule has 0 aromatic carbocycles. The summed E-state index contributed by atoms with van der Waals surface area (Å²) in [7, 11) is 0. The van der Waals surface area contributed by atoms with Crippen molar-refractivity contribution in [1.29, 1.82) is 0 Å². The Hall–Kier alpha value is -1.22. The number of carbonyl (C=O) groups excluding carboxylic acids is 2. The second-order valence-corrected chi connectivity index (χ2v) is 7.10. The molecule has 8 nitrogen and oxygen atoms in total. The minimum atomic E-state index is -1.27. The summed E-state index contributed by atoms with van der Waals surface area (Å²) in [6, 6.07) is 0. The minimum Gasteiger partial charge on any atom is -0.396 e. The Kier molecular flexibility index (Phi) is 9.96. The average molecular weight is 359 g/mol. The molecule has 1 aliphatic rings. The maximum absolute atomic E-state index is 11.8. The van der Waals surface area contributed by atoms with Gasteiger partial charge in [-0.2, -0.15) is 0 Å². The van der Waals surface area contributed by atoms with Crippen molar-refractivity contribution in [2.24, 2.45) is 5.41 Å². The fourth-order valence-corrected chi connectivity index (χ4v) is 2.44. The van der Waals surface area contributed by atoms with Gasteiger partial charge in [-0.15, -0.1) is 0 Å². The third kappa shape index (κ3) is 8.62. The maximum atomic E-state index is 11.8. The molecule has 25 heavy (non-hydrogen) atoms. The average Bonchev–Trinajstić information content (AvgIpc) is 2.62. The number of nitrogens with zero attached hydrogens (tertiary/aromatic N) is 1. The van der Waals surface area contributed by atoms with Gasteiger partial charge in [0.25, 0.3) is 0 Å². The van der Waals surface area contributed by atoms with Crippen LogP contribution in [0, 0.1) is 5.41 Å². The Morgan fingerprint density at radius 1 is 1.16 bits per heavy atom. The van der Waals surface area contributed by atoms with E-state index < -0.39 is 17.4 Å². The predicted octanol–water partition coefficient (Wildman–Crippen LogP) is -0.899. The Morgan fingerprint density at radius 3 is 2.44 bits per heavy atom. The van der Waals surface area contributed by atoms with Gasteiger partial charge in [0, 0.05) is 38.0 Å². The lowest BCUT2D eigenvalue weighted by molar-refractivity contribution is -0.137. The van der Waals surface area contributed by atoms with E-state index in [2.05, 4.69) is 15.5 Å². The molecule has 0 aromatic rings. The number of hydrogen-bond acceptors (Lipinski definition) is 6. The molecule has 1 aliphatic heterocycles. The zero-order chi connectivity index (χ0) is 18.7. The minimum absolute atomic E-state index is 0.0348. The van der Waals surface area contributed by atoms with E-state index in [0.29, 0.717) is 25.9 Å². The largest absolute Gasteiger partial charge is 0.396 e. The van der Waals surface area contributed by atoms with Crippen LogP contribution in [-0.4, -0.2) is 85.6 Å². The standard InChI is InChI=1S/C17H33N3O5/c1-17(2,13-21)15(23)16(24)19-6-3-5-14(22)18-7-4-8-20-9-11-25-12-10-20/h15,21,23H,3-13H2,1-2H3,(H,18,22)(H,19,24)/t15-/m0/s1. The van der Waals surface area contributed by atoms with Crippen molar-refractivity contribution in [3.8, 4) is 0 Å². The first-order chi connectivity index (χ1) is 11.9. The number of rotatable bonds is 11. The van der Waals surface area contributed by atoms with Crippen LogP contribution in [0.15, 0.2) is 0 Å². The highest BCUT2D eigenvalue weighted by molar-refractivity contribution is 5.81. The van der Waals surface area contributed by atoms with E-state index in [4.69, 9.17) is 9.84 Å². The summed E-state index contributed by atoms with van der Waals surface area (Å²) < 4.78 is 5.29. The van der Waals surface area contributed by atoms with Crippen LogP contribution in [0.5, 0.6) is 0 Å². The van der Waals surface area contributed by atoms with E-state index in [9.17, 15) is 14.7 Å². The van der Waals surface area contributed by atoms with Crippen molar-refractivity contribution in [3.63, 3.8) is 0 Å². The lowest BCUT2D eigenvalue weighted by atomic mass is 9.87. The van der Waals surface area contributed by atoms with Crippen LogP contribution in [0.4, 0.5) is 0 Å². The Balaban J connectivity index is 2.03. The molecule has 1 atom stereocenters. The van der Waals surface area contributed by atoms with Gasteiger partial charge in [0.05, 0.1) is 19.8 Å². The highest BCUT2D eigenvalue weighted by Crippen LogP contribution is 2.19. The SMILES string of the molecule is CC(C)(CO)[C@@H](O)C(=O)NCCCC(=O)NCCCN1CCOCC1. The zero-order valence-electron chi connectivity index (χ0n) is 15.4. The van der Waals surface area contributed by atoms with Crippen molar-refractivity contribution in [2.75, 3.05) is 52.5 Å². The second kappa shape index (κ2) is 11.4. The van der Waals surface area contributed by atoms with E-state index >= 15 is 0 Å². The first-order valence-electron chi connectivity index (χ1n) is 9.00. The van der Waals surface area contributed by atoms with Crippen LogP contribution in [0.1, 0.15) is 33.1 Å². The second-order valence-electron chi connectivity index (χ2n) is 7.10. The maximum Gasteiger partial charge on any atom is 0.249 e. The van der Waals surface area contributed by atoms with Crippen molar-refractivity contribution in [2.45, 2.75) is 39.2 Å². The molecule has 0 saturated carbocycles. The molecule has 2 amide bonds. The van der Waals surface area contributed by atoms with Crippen molar-refractivity contribution >= 4 is 11.8 Å². The van der Waals surface area contributed by atoms with Gasteiger partial charge in [-0.25, -0.2) is 0 Å². The quantitative estimate of drug-likeness (QED) is 0.356. The smallest absolute Gasteiger partial charge is 0.249 e. The summed E-state index contributed by atoms with van der Waals surface area (Å²) in [6.45, 7) is 8.32. The van der Waals surface area contributed by atoms with Crippen LogP contribution in [-0.2, 0) is 14.3 Å². The van der Waals surface area contributed by atoms with Gasteiger partial charge in [-0.1, -0.05) is 13.8 Å². The molecule has 0 unspecified atom stereocenters. The summed E-state index contributed by atoms with van der Waals surface area (Å²) in [5.41, 5.74) is -0.887. The number of hydrogen-bond donors (Lipinski definition) is 4. The van der Waals surface area contributed by atoms with Gasteiger partial charge in [-0.3, -0.25) is 14.5 Å². The molecule has 1 saturated heterocycles. The van der Waals surface area contributed by atoms with Crippen molar-refractivity contribution in [1.82, 2.24) is 15.5 Å². The Bertz CT molecular complexity index is 411. The van der Waals surface area contributed by atoms with Gasteiger partial charge >= 0.3 is 0 Å². The molecule has 4 N–H and O–H groups in total. The van der Waals surface area contributed by atoms with Gasteiger partial charge in [-0.05, 0) is 19.4 Å². The molecule has 1 rings (SSSR count). The van der Waals surface area contributed by atoms with Gasteiger partial charge in [0.2, 0.25) is 11.8 Å². The van der Waals surface area contributed by atoms with Gasteiger partial charge in [0.1, 0.15) is 6.10 Å². The van der Waals surface area contributed by atoms with Crippen LogP contribution in [0.2, 0.25) is 0 Å². The van der Waals surface area contributed by atoms with E-state index in [0.717, 1.165) is 39.3 Å². The van der Waals surface area contributed by atoms with E-state index in [-0.39, 0.29) is 12.5 Å². The lowest BCUT2D eigenvalue weighted by Crippen LogP contribution is -2.45. The number of carbonyl (C=O) groups is 2. The topological polar surface area (TPSA) is 111 Å². The number of aliphatic hydroxyl groups is 2. The summed E-state index contributed by atoms with van der Waals surface area (Å²) >= 11 is 0. The van der Waals surface area contributed by atoms with Crippen LogP contribution in [0.25, 0.3) is 0 Å². The molecular formula is C17H33N3O5. The fourth-order valence-electron chi connectivity index (χ4n) is 2.44. The molecule has 8 heteroatoms. The summed E-state index contributed by atoms with van der Waals surface area (Å²) in [5.74, 6) is -0.558. The first kappa shape index (κ1) is 21.8. The van der Waals surface area contributed by atoms with Gasteiger partial charge in [0.15, 0.2) is 0 Å². The van der Waals surface area contributed by atoms with E-state index in [1.165, 1.54) is 0 Å². The molecule has 0 aromatic heterocycles. The molecule has 0 radical (unpaired) electrons. The number of aliphatic hydroxyl groups excluding tert-OH is 2. The number of nitrogens with one attached hydrogen (secondary N) is 2. The van der Waals surface area contributed by atoms with Crippen molar-refractivity contribution in [3.05, 3.63) is 0 Å². The summed E-state index contributed by atoms with van der Waals surface area (Å²) in [6.07, 6.45) is 0.474. The zero-order valence-corrected chi connectivity index (χ0v) is 15.4. The summed E-state index contributed by atoms with van der Waals surface area (Å²) in [5, 5.41) is 24.4. The predicted molar refractivity (Wildman–Crippen MR) is 94.0 cm³/mol. The van der Waals surface area contributed by atoms with Crippen LogP contribution >= 0.6 is 0 Å². The first-order valence-corrected chi connectivity index (χ1v) is 9.00. The van der Waals surface area contributed by atoms with E-state index in [1.807, 2.05) is 0 Å². The number of ether oxygens (including phenoxy) is 1. The molecule has 1 heterocycles. The monoisotopic (exact) mass is 359 g/mol. The third-order valence-corrected chi connectivity index (χ3v) is 4.35. The summed E-state index contributed by atoms with van der Waals surface area (Å²) in [4.78, 5) is 25.8. The van der Waals surface area contributed by atoms with E-state index in [1.54, 1.807) is 13.8 Å². The Labute approximate surface area is 149 Å². The number of amides is 2. The highest BCUT2D eigenvalue weighted by atomic mass is 16.5.